The first kappa shape index (κ1) is 18.9. The van der Waals surface area contributed by atoms with Crippen molar-refractivity contribution in [2.24, 2.45) is 11.3 Å². The van der Waals surface area contributed by atoms with E-state index in [4.69, 9.17) is 4.74 Å². The van der Waals surface area contributed by atoms with Gasteiger partial charge in [-0.1, -0.05) is 40.5 Å². The first-order chi connectivity index (χ1) is 9.78. The third-order valence-electron chi connectivity index (χ3n) is 4.14. The van der Waals surface area contributed by atoms with Crippen LogP contribution < -0.4 is 5.32 Å². The maximum Gasteiger partial charge on any atom is 0.0897 e. The first-order valence-electron chi connectivity index (χ1n) is 8.46. The van der Waals surface area contributed by atoms with Gasteiger partial charge in [-0.25, -0.2) is 0 Å². The van der Waals surface area contributed by atoms with Crippen LogP contribution in [0.3, 0.4) is 0 Å². The minimum absolute atomic E-state index is 0.125. The van der Waals surface area contributed by atoms with Gasteiger partial charge in [0.15, 0.2) is 0 Å². The number of ether oxygens (including phenoxy) is 1. The van der Waals surface area contributed by atoms with Crippen LogP contribution in [0, 0.1) is 11.3 Å². The molecule has 4 unspecified atom stereocenters. The summed E-state index contributed by atoms with van der Waals surface area (Å²) in [5.74, 6) is 0.604. The largest absolute Gasteiger partial charge is 0.392 e. The zero-order chi connectivity index (χ0) is 15.9. The van der Waals surface area contributed by atoms with Crippen LogP contribution in [0.25, 0.3) is 0 Å². The molecule has 3 N–H and O–H groups in total. The van der Waals surface area contributed by atoms with Crippen LogP contribution >= 0.6 is 0 Å². The zero-order valence-corrected chi connectivity index (χ0v) is 14.3. The highest BCUT2D eigenvalue weighted by Gasteiger charge is 2.22. The first-order valence-corrected chi connectivity index (χ1v) is 8.46. The van der Waals surface area contributed by atoms with Crippen LogP contribution in [0.2, 0.25) is 0 Å². The molecule has 21 heavy (non-hydrogen) atoms. The van der Waals surface area contributed by atoms with Gasteiger partial charge in [0.1, 0.15) is 0 Å². The summed E-state index contributed by atoms with van der Waals surface area (Å²) >= 11 is 0. The Morgan fingerprint density at radius 2 is 1.71 bits per heavy atom. The van der Waals surface area contributed by atoms with Gasteiger partial charge >= 0.3 is 0 Å². The summed E-state index contributed by atoms with van der Waals surface area (Å²) in [6, 6.07) is 0. The van der Waals surface area contributed by atoms with Gasteiger partial charge in [0.05, 0.1) is 24.9 Å². The molecule has 0 bridgehead atoms. The molecule has 0 heterocycles. The molecule has 0 amide bonds. The van der Waals surface area contributed by atoms with E-state index in [0.717, 1.165) is 12.8 Å². The molecule has 1 aliphatic carbocycles. The van der Waals surface area contributed by atoms with Gasteiger partial charge in [0, 0.05) is 13.1 Å². The van der Waals surface area contributed by atoms with Gasteiger partial charge in [0.2, 0.25) is 0 Å². The molecule has 1 fully saturated rings. The highest BCUT2D eigenvalue weighted by molar-refractivity contribution is 4.74. The standard InChI is InChI=1S/C17H35NO3/c1-13-7-5-6-8-16(13)21-12-15(20)11-18-10-14(19)9-17(2,3)4/h13-16,18-20H,5-12H2,1-4H3. The molecule has 0 aromatic carbocycles. The topological polar surface area (TPSA) is 61.7 Å². The van der Waals surface area contributed by atoms with Crippen LogP contribution in [0.4, 0.5) is 0 Å². The van der Waals surface area contributed by atoms with E-state index in [9.17, 15) is 10.2 Å². The van der Waals surface area contributed by atoms with E-state index < -0.39 is 6.10 Å². The molecule has 1 saturated carbocycles. The van der Waals surface area contributed by atoms with Crippen molar-refractivity contribution in [2.45, 2.75) is 78.1 Å². The molecule has 0 spiro atoms. The van der Waals surface area contributed by atoms with E-state index in [1.807, 2.05) is 0 Å². The average molecular weight is 301 g/mol. The number of nitrogens with one attached hydrogen (secondary N) is 1. The molecule has 0 radical (unpaired) electrons. The monoisotopic (exact) mass is 301 g/mol. The molecule has 4 atom stereocenters. The molecular formula is C17H35NO3. The molecule has 0 aromatic rings. The fraction of sp³-hybridized carbons (Fsp3) is 1.00. The summed E-state index contributed by atoms with van der Waals surface area (Å²) in [5.41, 5.74) is 0.125. The molecule has 4 nitrogen and oxygen atoms in total. The highest BCUT2D eigenvalue weighted by atomic mass is 16.5. The van der Waals surface area contributed by atoms with E-state index in [2.05, 4.69) is 33.0 Å². The summed E-state index contributed by atoms with van der Waals surface area (Å²) in [6.45, 7) is 9.96. The van der Waals surface area contributed by atoms with Crippen LogP contribution in [0.15, 0.2) is 0 Å². The number of aliphatic hydroxyl groups is 2. The minimum Gasteiger partial charge on any atom is -0.392 e. The van der Waals surface area contributed by atoms with E-state index in [1.54, 1.807) is 0 Å². The van der Waals surface area contributed by atoms with E-state index in [1.165, 1.54) is 19.3 Å². The number of rotatable bonds is 8. The Hall–Kier alpha value is -0.160. The van der Waals surface area contributed by atoms with Crippen molar-refractivity contribution >= 4 is 0 Å². The summed E-state index contributed by atoms with van der Waals surface area (Å²) < 4.78 is 5.84. The molecule has 126 valence electrons. The maximum atomic E-state index is 9.94. The fourth-order valence-corrected chi connectivity index (χ4v) is 3.02. The third kappa shape index (κ3) is 8.77. The summed E-state index contributed by atoms with van der Waals surface area (Å²) in [7, 11) is 0. The second kappa shape index (κ2) is 9.09. The lowest BCUT2D eigenvalue weighted by atomic mass is 9.88. The third-order valence-corrected chi connectivity index (χ3v) is 4.14. The lowest BCUT2D eigenvalue weighted by Gasteiger charge is -2.29. The fourth-order valence-electron chi connectivity index (χ4n) is 3.02. The lowest BCUT2D eigenvalue weighted by Crippen LogP contribution is -2.38. The summed E-state index contributed by atoms with van der Waals surface area (Å²) in [6.07, 6.45) is 5.09. The van der Waals surface area contributed by atoms with Crippen molar-refractivity contribution in [2.75, 3.05) is 19.7 Å². The summed E-state index contributed by atoms with van der Waals surface area (Å²) in [4.78, 5) is 0. The molecular weight excluding hydrogens is 266 g/mol. The van der Waals surface area contributed by atoms with Crippen molar-refractivity contribution in [3.63, 3.8) is 0 Å². The van der Waals surface area contributed by atoms with Crippen molar-refractivity contribution < 1.29 is 14.9 Å². The van der Waals surface area contributed by atoms with Crippen molar-refractivity contribution in [3.8, 4) is 0 Å². The smallest absolute Gasteiger partial charge is 0.0897 e. The van der Waals surface area contributed by atoms with Crippen LogP contribution in [0.1, 0.15) is 59.8 Å². The van der Waals surface area contributed by atoms with Gasteiger partial charge in [-0.3, -0.25) is 0 Å². The van der Waals surface area contributed by atoms with Crippen molar-refractivity contribution in [1.82, 2.24) is 5.32 Å². The Labute approximate surface area is 130 Å². The average Bonchev–Trinajstić information content (AvgIpc) is 2.35. The zero-order valence-electron chi connectivity index (χ0n) is 14.3. The van der Waals surface area contributed by atoms with Gasteiger partial charge in [0.25, 0.3) is 0 Å². The molecule has 0 aliphatic heterocycles. The second-order valence-electron chi connectivity index (χ2n) is 7.86. The Morgan fingerprint density at radius 1 is 1.10 bits per heavy atom. The Bertz CT molecular complexity index is 278. The number of hydrogen-bond acceptors (Lipinski definition) is 4. The highest BCUT2D eigenvalue weighted by Crippen LogP contribution is 2.26. The van der Waals surface area contributed by atoms with Crippen LogP contribution in [-0.4, -0.2) is 48.2 Å². The molecule has 0 aromatic heterocycles. The van der Waals surface area contributed by atoms with E-state index >= 15 is 0 Å². The van der Waals surface area contributed by atoms with Gasteiger partial charge in [-0.15, -0.1) is 0 Å². The maximum absolute atomic E-state index is 9.94. The SMILES string of the molecule is CC1CCCCC1OCC(O)CNCC(O)CC(C)(C)C. The molecule has 1 aliphatic rings. The minimum atomic E-state index is -0.499. The van der Waals surface area contributed by atoms with Crippen LogP contribution in [0.5, 0.6) is 0 Å². The predicted molar refractivity (Wildman–Crippen MR) is 86.3 cm³/mol. The van der Waals surface area contributed by atoms with E-state index in [0.29, 0.717) is 31.7 Å². The predicted octanol–water partition coefficient (Wildman–Crippen LogP) is 2.33. The van der Waals surface area contributed by atoms with Gasteiger partial charge in [-0.05, 0) is 30.6 Å². The normalized spacial score (nSPS) is 26.6. The van der Waals surface area contributed by atoms with Crippen molar-refractivity contribution in [1.29, 1.82) is 0 Å². The Morgan fingerprint density at radius 3 is 2.33 bits per heavy atom. The van der Waals surface area contributed by atoms with Crippen LogP contribution in [-0.2, 0) is 4.74 Å². The van der Waals surface area contributed by atoms with Gasteiger partial charge < -0.3 is 20.3 Å². The lowest BCUT2D eigenvalue weighted by molar-refractivity contribution is -0.0456. The molecule has 1 rings (SSSR count). The molecule has 0 saturated heterocycles. The Kier molecular flexibility index (Phi) is 8.17. The van der Waals surface area contributed by atoms with Gasteiger partial charge in [-0.2, -0.15) is 0 Å². The van der Waals surface area contributed by atoms with Crippen molar-refractivity contribution in [3.05, 3.63) is 0 Å². The number of hydrogen-bond donors (Lipinski definition) is 3. The van der Waals surface area contributed by atoms with E-state index in [-0.39, 0.29) is 11.5 Å². The number of aliphatic hydroxyl groups excluding tert-OH is 2. The quantitative estimate of drug-likeness (QED) is 0.644. The molecule has 4 heteroatoms. The second-order valence-corrected chi connectivity index (χ2v) is 7.86. The summed E-state index contributed by atoms with van der Waals surface area (Å²) in [5, 5.41) is 23.0. The Balaban J connectivity index is 2.09.